The van der Waals surface area contributed by atoms with Crippen LogP contribution in [0.25, 0.3) is 0 Å². The summed E-state index contributed by atoms with van der Waals surface area (Å²) in [4.78, 5) is 17.5. The smallest absolute Gasteiger partial charge is 0.387 e. The molecule has 0 unspecified atom stereocenters. The molecule has 0 spiro atoms. The van der Waals surface area contributed by atoms with Crippen LogP contribution in [-0.4, -0.2) is 56.7 Å². The number of carbonyl (C=O) groups excluding carboxylic acids is 1. The Morgan fingerprint density at radius 1 is 1.06 bits per heavy atom. The van der Waals surface area contributed by atoms with Gasteiger partial charge in [-0.15, -0.1) is 0 Å². The number of anilines is 2. The third kappa shape index (κ3) is 5.85. The van der Waals surface area contributed by atoms with E-state index in [4.69, 9.17) is 4.74 Å². The second-order valence-corrected chi connectivity index (χ2v) is 7.35. The zero-order chi connectivity index (χ0) is 22.4. The van der Waals surface area contributed by atoms with Gasteiger partial charge in [0.05, 0.1) is 6.61 Å². The molecule has 1 aliphatic rings. The predicted octanol–water partition coefficient (Wildman–Crippen LogP) is 4.39. The largest absolute Gasteiger partial charge is 0.490 e. The van der Waals surface area contributed by atoms with Gasteiger partial charge in [-0.05, 0) is 62.4 Å². The molecule has 1 fully saturated rings. The molecule has 168 valence electrons. The van der Waals surface area contributed by atoms with Gasteiger partial charge in [-0.3, -0.25) is 4.79 Å². The van der Waals surface area contributed by atoms with Gasteiger partial charge in [0.1, 0.15) is 0 Å². The van der Waals surface area contributed by atoms with E-state index < -0.39 is 6.61 Å². The van der Waals surface area contributed by atoms with Crippen molar-refractivity contribution in [2.24, 2.45) is 0 Å². The Morgan fingerprint density at radius 3 is 2.42 bits per heavy atom. The average Bonchev–Trinajstić information content (AvgIpc) is 2.75. The highest BCUT2D eigenvalue weighted by Gasteiger charge is 2.18. The number of benzene rings is 2. The molecular formula is C23H29F2N3O3. The number of alkyl halides is 2. The van der Waals surface area contributed by atoms with Gasteiger partial charge < -0.3 is 24.6 Å². The third-order valence-corrected chi connectivity index (χ3v) is 5.34. The van der Waals surface area contributed by atoms with Crippen LogP contribution in [0.1, 0.15) is 29.8 Å². The van der Waals surface area contributed by atoms with Crippen LogP contribution in [0, 0.1) is 6.92 Å². The van der Waals surface area contributed by atoms with Crippen LogP contribution in [0.2, 0.25) is 0 Å². The maximum absolute atomic E-state index is 12.7. The molecule has 3 rings (SSSR count). The Bertz CT molecular complexity index is 900. The Labute approximate surface area is 181 Å². The second kappa shape index (κ2) is 10.4. The van der Waals surface area contributed by atoms with Crippen LogP contribution in [0.3, 0.4) is 0 Å². The fourth-order valence-corrected chi connectivity index (χ4v) is 3.71. The highest BCUT2D eigenvalue weighted by Crippen LogP contribution is 2.30. The van der Waals surface area contributed by atoms with Crippen molar-refractivity contribution in [3.63, 3.8) is 0 Å². The Morgan fingerprint density at radius 2 is 1.81 bits per heavy atom. The van der Waals surface area contributed by atoms with Crippen molar-refractivity contribution >= 4 is 17.3 Å². The third-order valence-electron chi connectivity index (χ3n) is 5.34. The van der Waals surface area contributed by atoms with Crippen molar-refractivity contribution in [3.05, 3.63) is 47.5 Å². The molecule has 2 aromatic rings. The van der Waals surface area contributed by atoms with Crippen LogP contribution in [0.5, 0.6) is 11.5 Å². The van der Waals surface area contributed by atoms with E-state index in [9.17, 15) is 13.6 Å². The first-order valence-corrected chi connectivity index (χ1v) is 10.5. The van der Waals surface area contributed by atoms with Gasteiger partial charge in [0.2, 0.25) is 0 Å². The first-order valence-electron chi connectivity index (χ1n) is 10.5. The van der Waals surface area contributed by atoms with Crippen molar-refractivity contribution in [1.82, 2.24) is 4.90 Å². The number of carbonyl (C=O) groups is 1. The molecule has 0 bridgehead atoms. The molecule has 0 radical (unpaired) electrons. The van der Waals surface area contributed by atoms with E-state index in [2.05, 4.69) is 26.8 Å². The van der Waals surface area contributed by atoms with Crippen LogP contribution in [0.4, 0.5) is 20.2 Å². The van der Waals surface area contributed by atoms with E-state index >= 15 is 0 Å². The van der Waals surface area contributed by atoms with Gasteiger partial charge >= 0.3 is 6.61 Å². The summed E-state index contributed by atoms with van der Waals surface area (Å²) >= 11 is 0. The average molecular weight is 433 g/mol. The maximum Gasteiger partial charge on any atom is 0.387 e. The molecule has 31 heavy (non-hydrogen) atoms. The number of hydrogen-bond donors (Lipinski definition) is 1. The number of ether oxygens (including phenoxy) is 2. The molecule has 0 aliphatic carbocycles. The zero-order valence-electron chi connectivity index (χ0n) is 18.2. The Hall–Kier alpha value is -2.87. The van der Waals surface area contributed by atoms with Crippen molar-refractivity contribution < 1.29 is 23.0 Å². The number of aryl methyl sites for hydroxylation is 1. The molecule has 1 amide bonds. The fourth-order valence-electron chi connectivity index (χ4n) is 3.71. The Balaban J connectivity index is 1.70. The topological polar surface area (TPSA) is 54.0 Å². The number of halogens is 2. The molecule has 6 nitrogen and oxygen atoms in total. The fraction of sp³-hybridized carbons (Fsp3) is 0.435. The van der Waals surface area contributed by atoms with Crippen molar-refractivity contribution in [3.8, 4) is 11.5 Å². The first kappa shape index (κ1) is 22.8. The second-order valence-electron chi connectivity index (χ2n) is 7.35. The molecule has 1 aliphatic heterocycles. The van der Waals surface area contributed by atoms with Crippen molar-refractivity contribution in [1.29, 1.82) is 0 Å². The summed E-state index contributed by atoms with van der Waals surface area (Å²) in [5.74, 6) is -0.349. The zero-order valence-corrected chi connectivity index (χ0v) is 18.2. The van der Waals surface area contributed by atoms with E-state index in [0.717, 1.165) is 38.3 Å². The number of hydrogen-bond acceptors (Lipinski definition) is 5. The van der Waals surface area contributed by atoms with Crippen LogP contribution < -0.4 is 19.7 Å². The normalized spacial score (nSPS) is 14.6. The Kier molecular flexibility index (Phi) is 7.68. The summed E-state index contributed by atoms with van der Waals surface area (Å²) in [6, 6.07) is 10.0. The summed E-state index contributed by atoms with van der Waals surface area (Å²) in [7, 11) is 0. The molecular weight excluding hydrogens is 404 g/mol. The van der Waals surface area contributed by atoms with E-state index in [1.54, 1.807) is 6.92 Å². The minimum atomic E-state index is -2.97. The molecule has 0 atom stereocenters. The summed E-state index contributed by atoms with van der Waals surface area (Å²) in [6.07, 6.45) is 0. The standard InChI is InChI=1S/C23H29F2N3O3/c1-4-27-10-12-28(13-11-27)19-8-7-18(14-16(19)3)26-22(29)17-6-9-20(31-23(24)25)21(15-17)30-5-2/h6-9,14-15,23H,4-5,10-13H2,1-3H3,(H,26,29). The number of likely N-dealkylation sites (N-methyl/N-ethyl adjacent to an activating group) is 1. The van der Waals surface area contributed by atoms with Crippen LogP contribution >= 0.6 is 0 Å². The van der Waals surface area contributed by atoms with E-state index in [1.807, 2.05) is 25.1 Å². The van der Waals surface area contributed by atoms with E-state index in [1.165, 1.54) is 23.9 Å². The molecule has 1 N–H and O–H groups in total. The number of rotatable bonds is 8. The van der Waals surface area contributed by atoms with Gasteiger partial charge in [0.15, 0.2) is 11.5 Å². The highest BCUT2D eigenvalue weighted by atomic mass is 19.3. The quantitative estimate of drug-likeness (QED) is 0.669. The van der Waals surface area contributed by atoms with Crippen molar-refractivity contribution in [2.45, 2.75) is 27.4 Å². The van der Waals surface area contributed by atoms with Gasteiger partial charge in [0.25, 0.3) is 5.91 Å². The SMILES string of the molecule is CCOc1cc(C(=O)Nc2ccc(N3CCN(CC)CC3)c(C)c2)ccc1OC(F)F. The number of nitrogens with zero attached hydrogens (tertiary/aromatic N) is 2. The van der Waals surface area contributed by atoms with Gasteiger partial charge in [-0.2, -0.15) is 8.78 Å². The first-order chi connectivity index (χ1) is 14.9. The molecule has 2 aromatic carbocycles. The van der Waals surface area contributed by atoms with Crippen LogP contribution in [-0.2, 0) is 0 Å². The molecule has 1 heterocycles. The molecule has 0 saturated carbocycles. The maximum atomic E-state index is 12.7. The molecule has 1 saturated heterocycles. The van der Waals surface area contributed by atoms with Gasteiger partial charge in [-0.25, -0.2) is 0 Å². The minimum Gasteiger partial charge on any atom is -0.490 e. The summed E-state index contributed by atoms with van der Waals surface area (Å²) in [5, 5.41) is 2.86. The number of amides is 1. The lowest BCUT2D eigenvalue weighted by Crippen LogP contribution is -2.46. The monoisotopic (exact) mass is 433 g/mol. The lowest BCUT2D eigenvalue weighted by molar-refractivity contribution is -0.0514. The lowest BCUT2D eigenvalue weighted by atomic mass is 10.1. The lowest BCUT2D eigenvalue weighted by Gasteiger charge is -2.36. The molecule has 8 heteroatoms. The van der Waals surface area contributed by atoms with Crippen LogP contribution in [0.15, 0.2) is 36.4 Å². The summed E-state index contributed by atoms with van der Waals surface area (Å²) < 4.78 is 34.9. The van der Waals surface area contributed by atoms with Gasteiger partial charge in [-0.1, -0.05) is 6.92 Å². The predicted molar refractivity (Wildman–Crippen MR) is 118 cm³/mol. The summed E-state index contributed by atoms with van der Waals surface area (Å²) in [6.45, 7) is 8.34. The number of piperazine rings is 1. The van der Waals surface area contributed by atoms with Gasteiger partial charge in [0, 0.05) is 43.1 Å². The summed E-state index contributed by atoms with van der Waals surface area (Å²) in [5.41, 5.74) is 3.21. The molecule has 0 aromatic heterocycles. The number of nitrogens with one attached hydrogen (secondary N) is 1. The van der Waals surface area contributed by atoms with E-state index in [0.29, 0.717) is 11.3 Å². The van der Waals surface area contributed by atoms with Crippen molar-refractivity contribution in [2.75, 3.05) is 49.5 Å². The highest BCUT2D eigenvalue weighted by molar-refractivity contribution is 6.04. The minimum absolute atomic E-state index is 0.100. The van der Waals surface area contributed by atoms with E-state index in [-0.39, 0.29) is 24.0 Å².